The van der Waals surface area contributed by atoms with Crippen LogP contribution in [0.2, 0.25) is 0 Å². The van der Waals surface area contributed by atoms with Crippen LogP contribution < -0.4 is 30.2 Å². The monoisotopic (exact) mass is 1150 g/mol. The summed E-state index contributed by atoms with van der Waals surface area (Å²) in [6.45, 7) is 11.3. The van der Waals surface area contributed by atoms with Crippen molar-refractivity contribution >= 4 is 41.5 Å². The summed E-state index contributed by atoms with van der Waals surface area (Å²) in [4.78, 5) is 109. The van der Waals surface area contributed by atoms with E-state index < -0.39 is 65.5 Å². The molecule has 19 heteroatoms. The van der Waals surface area contributed by atoms with Gasteiger partial charge in [-0.15, -0.1) is 0 Å². The van der Waals surface area contributed by atoms with Gasteiger partial charge in [0.15, 0.2) is 28.9 Å². The van der Waals surface area contributed by atoms with E-state index in [0.29, 0.717) is 45.2 Å². The van der Waals surface area contributed by atoms with Crippen molar-refractivity contribution in [3.63, 3.8) is 0 Å². The van der Waals surface area contributed by atoms with Crippen LogP contribution >= 0.6 is 0 Å². The SMILES string of the molecule is COC(=O)[C@@H]1Cc2cc(OCCNC(=O)OCc3ccccc3)c(OC)c(c2)-c2cc(ccc2OC)[C@H](N(C)C(=O)[C@H](CCNC(=O)OCc2ccccc2)CC(=O)c2c(C)nc(-c3ccc(C(C)(C)C)cc3)nc2C)C(=O)C[C@@H](C)C(=O)N1. The van der Waals surface area contributed by atoms with Crippen molar-refractivity contribution in [3.05, 3.63) is 160 Å². The Morgan fingerprint density at radius 3 is 1.90 bits per heavy atom. The van der Waals surface area contributed by atoms with E-state index in [2.05, 4.69) is 36.7 Å². The zero-order chi connectivity index (χ0) is 60.7. The molecule has 442 valence electrons. The molecule has 4 amide bonds. The molecule has 1 aliphatic heterocycles. The van der Waals surface area contributed by atoms with Gasteiger partial charge >= 0.3 is 18.2 Å². The van der Waals surface area contributed by atoms with Gasteiger partial charge in [-0.1, -0.05) is 119 Å². The number of Topliss-reactive ketones (excluding diaryl/α,β-unsaturated/α-hetero) is 2. The number of aryl methyl sites for hydroxylation is 2. The molecule has 3 N–H and O–H groups in total. The largest absolute Gasteiger partial charge is 0.496 e. The molecule has 84 heavy (non-hydrogen) atoms. The lowest BCUT2D eigenvalue weighted by molar-refractivity contribution is -0.146. The predicted octanol–water partition coefficient (Wildman–Crippen LogP) is 9.56. The second-order valence-electron chi connectivity index (χ2n) is 21.7. The molecule has 1 aliphatic rings. The third kappa shape index (κ3) is 16.1. The van der Waals surface area contributed by atoms with E-state index in [4.69, 9.17) is 38.4 Å². The van der Waals surface area contributed by atoms with Crippen LogP contribution in [0, 0.1) is 25.7 Å². The van der Waals surface area contributed by atoms with Gasteiger partial charge in [0.1, 0.15) is 37.7 Å². The number of aromatic nitrogens is 2. The minimum absolute atomic E-state index is 0.00509. The molecule has 4 atom stereocenters. The number of likely N-dealkylation sites (N-methyl/N-ethyl adjacent to an activating group) is 1. The number of hydrogen-bond donors (Lipinski definition) is 3. The molecule has 1 aromatic heterocycles. The number of carbonyl (C=O) groups excluding carboxylic acids is 7. The first-order chi connectivity index (χ1) is 40.2. The van der Waals surface area contributed by atoms with Gasteiger partial charge in [-0.25, -0.2) is 24.4 Å². The zero-order valence-electron chi connectivity index (χ0n) is 49.3. The van der Waals surface area contributed by atoms with Gasteiger partial charge in [-0.05, 0) is 77.8 Å². The minimum atomic E-state index is -1.38. The molecule has 19 nitrogen and oxygen atoms in total. The van der Waals surface area contributed by atoms with E-state index >= 15 is 9.59 Å². The van der Waals surface area contributed by atoms with Crippen molar-refractivity contribution in [2.45, 2.75) is 97.9 Å². The molecule has 0 aliphatic carbocycles. The fraction of sp³-hybridized carbons (Fsp3) is 0.369. The lowest BCUT2D eigenvalue weighted by Crippen LogP contribution is -2.46. The number of methoxy groups -OCH3 is 3. The third-order valence-electron chi connectivity index (χ3n) is 14.5. The predicted molar refractivity (Wildman–Crippen MR) is 314 cm³/mol. The number of rotatable bonds is 20. The molecule has 0 saturated heterocycles. The van der Waals surface area contributed by atoms with Crippen molar-refractivity contribution in [2.24, 2.45) is 11.8 Å². The van der Waals surface area contributed by atoms with E-state index in [1.54, 1.807) is 44.2 Å². The van der Waals surface area contributed by atoms with Gasteiger partial charge < -0.3 is 49.3 Å². The molecule has 4 bridgehead atoms. The molecule has 0 fully saturated rings. The van der Waals surface area contributed by atoms with E-state index in [-0.39, 0.29) is 81.1 Å². The van der Waals surface area contributed by atoms with E-state index in [1.165, 1.54) is 40.2 Å². The molecular formula is C65H74N6O13. The number of nitrogens with one attached hydrogen (secondary N) is 3. The van der Waals surface area contributed by atoms with Gasteiger partial charge in [-0.2, -0.15) is 0 Å². The average Bonchev–Trinajstić information content (AvgIpc) is 3.65. The highest BCUT2D eigenvalue weighted by Crippen LogP contribution is 2.45. The Hall–Kier alpha value is -9.13. The quantitative estimate of drug-likeness (QED) is 0.0279. The summed E-state index contributed by atoms with van der Waals surface area (Å²) in [5, 5.41) is 8.17. The van der Waals surface area contributed by atoms with Crippen molar-refractivity contribution in [1.82, 2.24) is 30.8 Å². The van der Waals surface area contributed by atoms with Crippen molar-refractivity contribution in [2.75, 3.05) is 48.1 Å². The van der Waals surface area contributed by atoms with Crippen molar-refractivity contribution in [1.29, 1.82) is 0 Å². The van der Waals surface area contributed by atoms with Crippen LogP contribution in [0.1, 0.15) is 103 Å². The molecular weight excluding hydrogens is 1070 g/mol. The smallest absolute Gasteiger partial charge is 0.407 e. The number of ketones is 2. The summed E-state index contributed by atoms with van der Waals surface area (Å²) in [5.41, 5.74) is 6.03. The molecule has 5 aromatic carbocycles. The third-order valence-corrected chi connectivity index (χ3v) is 14.5. The van der Waals surface area contributed by atoms with E-state index in [0.717, 1.165) is 22.3 Å². The molecule has 0 unspecified atom stereocenters. The van der Waals surface area contributed by atoms with Gasteiger partial charge in [-0.3, -0.25) is 19.2 Å². The summed E-state index contributed by atoms with van der Waals surface area (Å²) in [5.74, 6) is -4.00. The number of carbonyl (C=O) groups is 7. The van der Waals surface area contributed by atoms with Crippen LogP contribution in [0.3, 0.4) is 0 Å². The Kier molecular flexibility index (Phi) is 21.4. The molecule has 0 radical (unpaired) electrons. The number of esters is 1. The van der Waals surface area contributed by atoms with Crippen molar-refractivity contribution in [3.8, 4) is 39.8 Å². The lowest BCUT2D eigenvalue weighted by Gasteiger charge is -2.32. The maximum atomic E-state index is 15.4. The number of alkyl carbamates (subject to hydrolysis) is 2. The standard InChI is InChI=1S/C65H74N6O13/c1-39-31-53(73)57(71(7)61(75)47(27-28-66-63(77)83-37-42-17-13-11-14-18-42)36-52(72)56-40(2)68-59(69-41(56)3)45-21-24-48(25-22-45)65(4,5)6)46-23-26-54(79-8)49(35-46)50-32-44(33-51(62(76)81-10)70-60(39)74)34-55(58(50)80-9)82-30-29-67-64(78)84-38-43-19-15-12-16-20-43/h11-26,32,34-35,39,47,51,57H,27-31,33,36-38H2,1-10H3,(H,66,77)(H,67,78)(H,70,74)/t39-,47-,51+,57+/m1/s1. The summed E-state index contributed by atoms with van der Waals surface area (Å²) >= 11 is 0. The van der Waals surface area contributed by atoms with Gasteiger partial charge in [0.05, 0.1) is 44.8 Å². The molecule has 6 aromatic rings. The number of benzene rings is 5. The maximum absolute atomic E-state index is 15.4. The number of amides is 4. The second-order valence-corrected chi connectivity index (χ2v) is 21.7. The van der Waals surface area contributed by atoms with Gasteiger partial charge in [0, 0.05) is 61.4 Å². The molecule has 7 rings (SSSR count). The normalized spacial score (nSPS) is 15.5. The fourth-order valence-corrected chi connectivity index (χ4v) is 10.1. The maximum Gasteiger partial charge on any atom is 0.407 e. The second kappa shape index (κ2) is 28.7. The Morgan fingerprint density at radius 1 is 0.726 bits per heavy atom. The Labute approximate surface area is 490 Å². The van der Waals surface area contributed by atoms with Crippen molar-refractivity contribution < 1.29 is 62.0 Å². The molecule has 0 saturated carbocycles. The highest BCUT2D eigenvalue weighted by Gasteiger charge is 2.37. The minimum Gasteiger partial charge on any atom is -0.496 e. The summed E-state index contributed by atoms with van der Waals surface area (Å²) < 4.78 is 34.3. The van der Waals surface area contributed by atoms with Gasteiger partial charge in [0.25, 0.3) is 0 Å². The van der Waals surface area contributed by atoms with E-state index in [1.807, 2.05) is 84.9 Å². The Bertz CT molecular complexity index is 3310. The first-order valence-corrected chi connectivity index (χ1v) is 27.8. The van der Waals surface area contributed by atoms with Crippen LogP contribution in [-0.2, 0) is 58.4 Å². The summed E-state index contributed by atoms with van der Waals surface area (Å²) in [6, 6.07) is 32.0. The van der Waals surface area contributed by atoms with Crippen LogP contribution in [0.4, 0.5) is 9.59 Å². The molecule has 2 heterocycles. The fourth-order valence-electron chi connectivity index (χ4n) is 10.1. The van der Waals surface area contributed by atoms with Gasteiger partial charge in [0.2, 0.25) is 11.8 Å². The molecule has 0 spiro atoms. The Balaban J connectivity index is 1.24. The summed E-state index contributed by atoms with van der Waals surface area (Å²) in [6.07, 6.45) is -2.31. The number of ether oxygens (including phenoxy) is 6. The Morgan fingerprint density at radius 2 is 1.33 bits per heavy atom. The average molecular weight is 1150 g/mol. The topological polar surface area (TPSA) is 240 Å². The number of fused-ring (bicyclic) bond motifs is 5. The van der Waals surface area contributed by atoms with Crippen LogP contribution in [0.15, 0.2) is 115 Å². The van der Waals surface area contributed by atoms with Crippen LogP contribution in [0.5, 0.6) is 17.2 Å². The first-order valence-electron chi connectivity index (χ1n) is 27.8. The van der Waals surface area contributed by atoms with Crippen LogP contribution in [0.25, 0.3) is 22.5 Å². The number of hydrogen-bond acceptors (Lipinski definition) is 15. The first kappa shape index (κ1) is 62.5. The highest BCUT2D eigenvalue weighted by molar-refractivity contribution is 6.01. The summed E-state index contributed by atoms with van der Waals surface area (Å²) in [7, 11) is 5.55. The number of nitrogens with zero attached hydrogens (tertiary/aromatic N) is 3. The van der Waals surface area contributed by atoms with E-state index in [9.17, 15) is 24.0 Å². The highest BCUT2D eigenvalue weighted by atomic mass is 16.6. The van der Waals surface area contributed by atoms with Crippen LogP contribution in [-0.4, -0.2) is 111 Å². The lowest BCUT2D eigenvalue weighted by atomic mass is 9.86. The zero-order valence-corrected chi connectivity index (χ0v) is 49.3.